The van der Waals surface area contributed by atoms with Crippen molar-refractivity contribution in [2.24, 2.45) is 0 Å². The van der Waals surface area contributed by atoms with Crippen LogP contribution in [-0.4, -0.2) is 19.3 Å². The van der Waals surface area contributed by atoms with Crippen LogP contribution in [0.25, 0.3) is 66.2 Å². The lowest BCUT2D eigenvalue weighted by Gasteiger charge is -2.26. The molecule has 9 aromatic carbocycles. The standard InChI is InChI=1S/C58H40N6/c1-6-22-42(23-7-1)61(43-24-8-2-9-25-43)47-32-20-33-48(37-47)64-53-36-19-18-35-51(53)56-55-52(57-50-34-17-16-21-41(50)40-59-60-57)38-49(39-54(55)63(58(56)64)46-30-14-5-15-31-46)62(44-26-10-3-11-27-44)45-28-12-4-13-29-45/h1-40H. The van der Waals surface area contributed by atoms with Crippen LogP contribution < -0.4 is 9.80 Å². The van der Waals surface area contributed by atoms with Crippen molar-refractivity contribution in [3.8, 4) is 22.6 Å². The Balaban J connectivity index is 1.23. The predicted molar refractivity (Wildman–Crippen MR) is 266 cm³/mol. The lowest BCUT2D eigenvalue weighted by molar-refractivity contribution is 1.06. The number of rotatable bonds is 9. The van der Waals surface area contributed by atoms with Crippen molar-refractivity contribution in [1.82, 2.24) is 19.3 Å². The molecule has 0 atom stereocenters. The number of nitrogens with zero attached hydrogens (tertiary/aromatic N) is 6. The van der Waals surface area contributed by atoms with Gasteiger partial charge in [0.25, 0.3) is 0 Å². The minimum Gasteiger partial charge on any atom is -0.310 e. The van der Waals surface area contributed by atoms with Gasteiger partial charge in [-0.1, -0.05) is 140 Å². The van der Waals surface area contributed by atoms with Crippen LogP contribution in [-0.2, 0) is 0 Å². The number of para-hydroxylation sites is 6. The molecule has 302 valence electrons. The Morgan fingerprint density at radius 2 is 0.828 bits per heavy atom. The molecule has 12 aromatic rings. The predicted octanol–water partition coefficient (Wildman–Crippen LogP) is 15.3. The topological polar surface area (TPSA) is 42.1 Å². The minimum atomic E-state index is 0.832. The van der Waals surface area contributed by atoms with Crippen LogP contribution in [0, 0.1) is 0 Å². The maximum Gasteiger partial charge on any atom is 0.131 e. The van der Waals surface area contributed by atoms with Crippen LogP contribution in [0.1, 0.15) is 0 Å². The van der Waals surface area contributed by atoms with Gasteiger partial charge in [-0.2, -0.15) is 5.10 Å². The Kier molecular flexibility index (Phi) is 9.05. The zero-order valence-corrected chi connectivity index (χ0v) is 34.8. The Morgan fingerprint density at radius 1 is 0.344 bits per heavy atom. The molecular weight excluding hydrogens is 781 g/mol. The van der Waals surface area contributed by atoms with Gasteiger partial charge in [-0.15, -0.1) is 5.10 Å². The van der Waals surface area contributed by atoms with Gasteiger partial charge < -0.3 is 9.80 Å². The molecule has 0 aliphatic carbocycles. The van der Waals surface area contributed by atoms with Crippen LogP contribution in [0.4, 0.5) is 34.1 Å². The maximum atomic E-state index is 5.01. The third-order valence-electron chi connectivity index (χ3n) is 12.2. The van der Waals surface area contributed by atoms with Gasteiger partial charge in [0.1, 0.15) is 11.3 Å². The molecule has 0 radical (unpaired) electrons. The van der Waals surface area contributed by atoms with Gasteiger partial charge in [0.15, 0.2) is 0 Å². The van der Waals surface area contributed by atoms with E-state index in [2.05, 4.69) is 261 Å². The van der Waals surface area contributed by atoms with Gasteiger partial charge in [0.05, 0.1) is 17.2 Å². The summed E-state index contributed by atoms with van der Waals surface area (Å²) >= 11 is 0. The molecule has 12 rings (SSSR count). The highest BCUT2D eigenvalue weighted by Crippen LogP contribution is 2.49. The Labute approximate surface area is 370 Å². The summed E-state index contributed by atoms with van der Waals surface area (Å²) in [5, 5.41) is 15.1. The average molecular weight is 821 g/mol. The number of hydrogen-bond acceptors (Lipinski definition) is 4. The van der Waals surface area contributed by atoms with Crippen LogP contribution in [0.3, 0.4) is 0 Å². The molecule has 0 fully saturated rings. The van der Waals surface area contributed by atoms with Crippen LogP contribution in [0.5, 0.6) is 0 Å². The fraction of sp³-hybridized carbons (Fsp3) is 0. The maximum absolute atomic E-state index is 5.01. The molecule has 0 spiro atoms. The molecule has 6 heteroatoms. The molecule has 64 heavy (non-hydrogen) atoms. The third-order valence-corrected chi connectivity index (χ3v) is 12.2. The van der Waals surface area contributed by atoms with E-state index in [1.807, 2.05) is 6.20 Å². The summed E-state index contributed by atoms with van der Waals surface area (Å²) < 4.78 is 4.89. The number of benzene rings is 9. The van der Waals surface area contributed by atoms with Crippen LogP contribution >= 0.6 is 0 Å². The Hall–Kier alpha value is -8.74. The first-order chi connectivity index (χ1) is 31.8. The quantitative estimate of drug-likeness (QED) is 0.145. The summed E-state index contributed by atoms with van der Waals surface area (Å²) in [6.45, 7) is 0. The molecule has 0 N–H and O–H groups in total. The fourth-order valence-corrected chi connectivity index (χ4v) is 9.47. The van der Waals surface area contributed by atoms with E-state index in [0.717, 1.165) is 100 Å². The molecule has 6 nitrogen and oxygen atoms in total. The zero-order chi connectivity index (χ0) is 42.4. The van der Waals surface area contributed by atoms with E-state index in [1.165, 1.54) is 0 Å². The summed E-state index contributed by atoms with van der Waals surface area (Å²) in [7, 11) is 0. The summed E-state index contributed by atoms with van der Waals surface area (Å²) in [6.07, 6.45) is 1.86. The van der Waals surface area contributed by atoms with Crippen molar-refractivity contribution >= 4 is 77.7 Å². The monoisotopic (exact) mass is 820 g/mol. The third kappa shape index (κ3) is 6.19. The van der Waals surface area contributed by atoms with Gasteiger partial charge in [-0.05, 0) is 97.1 Å². The van der Waals surface area contributed by atoms with Crippen molar-refractivity contribution in [2.75, 3.05) is 9.80 Å². The second kappa shape index (κ2) is 15.6. The van der Waals surface area contributed by atoms with Gasteiger partial charge >= 0.3 is 0 Å². The van der Waals surface area contributed by atoms with E-state index in [1.54, 1.807) is 0 Å². The highest BCUT2D eigenvalue weighted by molar-refractivity contribution is 6.27. The number of hydrogen-bond donors (Lipinski definition) is 0. The highest BCUT2D eigenvalue weighted by atomic mass is 15.2. The van der Waals surface area contributed by atoms with E-state index >= 15 is 0 Å². The number of fused-ring (bicyclic) bond motifs is 6. The first-order valence-electron chi connectivity index (χ1n) is 21.6. The molecule has 0 unspecified atom stereocenters. The van der Waals surface area contributed by atoms with E-state index < -0.39 is 0 Å². The van der Waals surface area contributed by atoms with Crippen molar-refractivity contribution in [3.63, 3.8) is 0 Å². The molecule has 0 saturated carbocycles. The molecule has 0 saturated heterocycles. The number of aromatic nitrogens is 4. The molecule has 3 heterocycles. The van der Waals surface area contributed by atoms with Crippen molar-refractivity contribution in [3.05, 3.63) is 243 Å². The van der Waals surface area contributed by atoms with Gasteiger partial charge in [-0.3, -0.25) is 9.13 Å². The second-order valence-corrected chi connectivity index (χ2v) is 15.9. The fourth-order valence-electron chi connectivity index (χ4n) is 9.47. The SMILES string of the molecule is c1ccc(N(c2ccccc2)c2cccc(-n3c4ccccc4c4c5c(-c6nncc7ccccc67)cc(N(c6ccccc6)c6ccccc6)cc5n(-c5ccccc5)c43)c2)cc1. The average Bonchev–Trinajstić information content (AvgIpc) is 3.88. The van der Waals surface area contributed by atoms with Gasteiger partial charge in [0.2, 0.25) is 0 Å². The van der Waals surface area contributed by atoms with Crippen LogP contribution in [0.2, 0.25) is 0 Å². The lowest BCUT2D eigenvalue weighted by atomic mass is 9.98. The van der Waals surface area contributed by atoms with E-state index in [9.17, 15) is 0 Å². The van der Waals surface area contributed by atoms with E-state index in [0.29, 0.717) is 0 Å². The first kappa shape index (κ1) is 37.1. The summed E-state index contributed by atoms with van der Waals surface area (Å²) in [6, 6.07) is 84.0. The van der Waals surface area contributed by atoms with E-state index in [-0.39, 0.29) is 0 Å². The van der Waals surface area contributed by atoms with E-state index in [4.69, 9.17) is 5.10 Å². The van der Waals surface area contributed by atoms with Crippen LogP contribution in [0.15, 0.2) is 243 Å². The molecule has 0 aliphatic rings. The first-order valence-corrected chi connectivity index (χ1v) is 21.6. The minimum absolute atomic E-state index is 0.832. The molecular formula is C58H40N6. The molecule has 0 amide bonds. The normalized spacial score (nSPS) is 11.4. The molecule has 0 bridgehead atoms. The molecule has 0 aliphatic heterocycles. The highest BCUT2D eigenvalue weighted by Gasteiger charge is 2.28. The smallest absolute Gasteiger partial charge is 0.131 e. The van der Waals surface area contributed by atoms with Gasteiger partial charge in [-0.25, -0.2) is 0 Å². The zero-order valence-electron chi connectivity index (χ0n) is 34.8. The Bertz CT molecular complexity index is 3520. The second-order valence-electron chi connectivity index (χ2n) is 15.9. The number of anilines is 6. The van der Waals surface area contributed by atoms with Crippen molar-refractivity contribution in [1.29, 1.82) is 0 Å². The Morgan fingerprint density at radius 3 is 1.45 bits per heavy atom. The van der Waals surface area contributed by atoms with Gasteiger partial charge in [0, 0.05) is 78.0 Å². The summed E-state index contributed by atoms with van der Waals surface area (Å²) in [5.74, 6) is 0. The lowest BCUT2D eigenvalue weighted by Crippen LogP contribution is -2.11. The molecule has 3 aromatic heterocycles. The summed E-state index contributed by atoms with van der Waals surface area (Å²) in [4.78, 5) is 4.66. The largest absolute Gasteiger partial charge is 0.310 e. The van der Waals surface area contributed by atoms with Crippen molar-refractivity contribution < 1.29 is 0 Å². The van der Waals surface area contributed by atoms with Crippen molar-refractivity contribution in [2.45, 2.75) is 0 Å². The summed E-state index contributed by atoms with van der Waals surface area (Å²) in [5.41, 5.74) is 13.5.